The molecule has 0 atom stereocenters. The van der Waals surface area contributed by atoms with Gasteiger partial charge in [0.05, 0.1) is 0 Å². The standard InChI is InChI=1S/C9H13BrN2/c1-3-4-11-9-5-7(2)8(10)6-12-9/h5-6H,3-4H2,1-2H3,(H,11,12). The second-order valence-electron chi connectivity index (χ2n) is 2.75. The van der Waals surface area contributed by atoms with Crippen molar-refractivity contribution in [1.82, 2.24) is 4.98 Å². The van der Waals surface area contributed by atoms with Crippen molar-refractivity contribution in [2.75, 3.05) is 11.9 Å². The zero-order valence-corrected chi connectivity index (χ0v) is 8.98. The molecule has 0 aliphatic carbocycles. The molecule has 0 aromatic carbocycles. The lowest BCUT2D eigenvalue weighted by Crippen LogP contribution is -2.01. The van der Waals surface area contributed by atoms with Crippen LogP contribution in [0.4, 0.5) is 5.82 Å². The molecule has 0 aliphatic heterocycles. The Morgan fingerprint density at radius 3 is 2.92 bits per heavy atom. The van der Waals surface area contributed by atoms with Gasteiger partial charge in [0.2, 0.25) is 0 Å². The minimum atomic E-state index is 0.956. The molecule has 12 heavy (non-hydrogen) atoms. The van der Waals surface area contributed by atoms with E-state index in [1.807, 2.05) is 12.3 Å². The Labute approximate surface area is 81.5 Å². The van der Waals surface area contributed by atoms with Crippen LogP contribution in [0.1, 0.15) is 18.9 Å². The molecule has 1 heterocycles. The molecule has 0 spiro atoms. The van der Waals surface area contributed by atoms with Crippen LogP contribution < -0.4 is 5.32 Å². The fraction of sp³-hybridized carbons (Fsp3) is 0.444. The molecule has 1 N–H and O–H groups in total. The van der Waals surface area contributed by atoms with Crippen LogP contribution in [0, 0.1) is 6.92 Å². The monoisotopic (exact) mass is 228 g/mol. The molecule has 1 rings (SSSR count). The maximum atomic E-state index is 4.22. The first-order chi connectivity index (χ1) is 5.74. The van der Waals surface area contributed by atoms with Crippen LogP contribution in [-0.4, -0.2) is 11.5 Å². The molecule has 0 saturated carbocycles. The van der Waals surface area contributed by atoms with Crippen molar-refractivity contribution < 1.29 is 0 Å². The number of anilines is 1. The number of hydrogen-bond acceptors (Lipinski definition) is 2. The molecule has 0 fully saturated rings. The van der Waals surface area contributed by atoms with Gasteiger partial charge in [-0.05, 0) is 40.9 Å². The first-order valence-corrected chi connectivity index (χ1v) is 4.89. The highest BCUT2D eigenvalue weighted by atomic mass is 79.9. The number of halogens is 1. The highest BCUT2D eigenvalue weighted by molar-refractivity contribution is 9.10. The number of nitrogens with one attached hydrogen (secondary N) is 1. The molecule has 3 heteroatoms. The fourth-order valence-electron chi connectivity index (χ4n) is 0.889. The largest absolute Gasteiger partial charge is 0.370 e. The minimum absolute atomic E-state index is 0.956. The average molecular weight is 229 g/mol. The summed E-state index contributed by atoms with van der Waals surface area (Å²) < 4.78 is 1.06. The molecular weight excluding hydrogens is 216 g/mol. The van der Waals surface area contributed by atoms with Gasteiger partial charge in [-0.25, -0.2) is 4.98 Å². The molecule has 0 amide bonds. The van der Waals surface area contributed by atoms with Gasteiger partial charge >= 0.3 is 0 Å². The van der Waals surface area contributed by atoms with Crippen molar-refractivity contribution in [3.05, 3.63) is 22.3 Å². The van der Waals surface area contributed by atoms with Crippen LogP contribution in [0.5, 0.6) is 0 Å². The van der Waals surface area contributed by atoms with Crippen LogP contribution in [0.15, 0.2) is 16.7 Å². The second kappa shape index (κ2) is 4.45. The van der Waals surface area contributed by atoms with Gasteiger partial charge in [0, 0.05) is 17.2 Å². The summed E-state index contributed by atoms with van der Waals surface area (Å²) in [6.45, 7) is 5.18. The lowest BCUT2D eigenvalue weighted by Gasteiger charge is -2.04. The van der Waals surface area contributed by atoms with Crippen molar-refractivity contribution in [3.8, 4) is 0 Å². The highest BCUT2D eigenvalue weighted by Gasteiger charge is 1.96. The Morgan fingerprint density at radius 2 is 2.33 bits per heavy atom. The van der Waals surface area contributed by atoms with E-state index in [-0.39, 0.29) is 0 Å². The zero-order valence-electron chi connectivity index (χ0n) is 7.39. The third-order valence-corrected chi connectivity index (χ3v) is 2.43. The fourth-order valence-corrected chi connectivity index (χ4v) is 1.11. The summed E-state index contributed by atoms with van der Waals surface area (Å²) in [6.07, 6.45) is 2.95. The van der Waals surface area contributed by atoms with Gasteiger partial charge in [-0.1, -0.05) is 6.92 Å². The zero-order chi connectivity index (χ0) is 8.97. The normalized spacial score (nSPS) is 9.92. The third-order valence-electron chi connectivity index (χ3n) is 1.60. The molecular formula is C9H13BrN2. The number of aryl methyl sites for hydroxylation is 1. The predicted octanol–water partition coefficient (Wildman–Crippen LogP) is 2.97. The van der Waals surface area contributed by atoms with Crippen LogP contribution in [-0.2, 0) is 0 Å². The van der Waals surface area contributed by atoms with Crippen molar-refractivity contribution >= 4 is 21.7 Å². The minimum Gasteiger partial charge on any atom is -0.370 e. The van der Waals surface area contributed by atoms with Crippen molar-refractivity contribution in [2.45, 2.75) is 20.3 Å². The smallest absolute Gasteiger partial charge is 0.126 e. The second-order valence-corrected chi connectivity index (χ2v) is 3.60. The topological polar surface area (TPSA) is 24.9 Å². The van der Waals surface area contributed by atoms with Crippen LogP contribution >= 0.6 is 15.9 Å². The number of aromatic nitrogens is 1. The molecule has 0 aliphatic rings. The number of pyridine rings is 1. The Morgan fingerprint density at radius 1 is 1.58 bits per heavy atom. The quantitative estimate of drug-likeness (QED) is 0.861. The third kappa shape index (κ3) is 2.48. The summed E-state index contributed by atoms with van der Waals surface area (Å²) in [7, 11) is 0. The van der Waals surface area contributed by atoms with Crippen molar-refractivity contribution in [3.63, 3.8) is 0 Å². The Bertz CT molecular complexity index is 261. The van der Waals surface area contributed by atoms with E-state index in [2.05, 4.69) is 40.1 Å². The van der Waals surface area contributed by atoms with Crippen LogP contribution in [0.3, 0.4) is 0 Å². The molecule has 2 nitrogen and oxygen atoms in total. The van der Waals surface area contributed by atoms with Crippen molar-refractivity contribution in [1.29, 1.82) is 0 Å². The summed E-state index contributed by atoms with van der Waals surface area (Å²) in [5.41, 5.74) is 1.21. The van der Waals surface area contributed by atoms with Gasteiger partial charge in [0.1, 0.15) is 5.82 Å². The van der Waals surface area contributed by atoms with Crippen LogP contribution in [0.2, 0.25) is 0 Å². The maximum Gasteiger partial charge on any atom is 0.126 e. The summed E-state index contributed by atoms with van der Waals surface area (Å²) in [6, 6.07) is 2.04. The molecule has 0 unspecified atom stereocenters. The molecule has 1 aromatic heterocycles. The van der Waals surface area contributed by atoms with E-state index in [0.29, 0.717) is 0 Å². The van der Waals surface area contributed by atoms with E-state index >= 15 is 0 Å². The number of nitrogens with zero attached hydrogens (tertiary/aromatic N) is 1. The first kappa shape index (κ1) is 9.52. The van der Waals surface area contributed by atoms with Crippen LogP contribution in [0.25, 0.3) is 0 Å². The molecule has 66 valence electrons. The molecule has 1 aromatic rings. The lowest BCUT2D eigenvalue weighted by molar-refractivity contribution is 0.968. The average Bonchev–Trinajstić information content (AvgIpc) is 2.07. The summed E-state index contributed by atoms with van der Waals surface area (Å²) in [5.74, 6) is 0.956. The van der Waals surface area contributed by atoms with E-state index in [0.717, 1.165) is 23.3 Å². The van der Waals surface area contributed by atoms with Gasteiger partial charge in [0.15, 0.2) is 0 Å². The van der Waals surface area contributed by atoms with Gasteiger partial charge in [-0.2, -0.15) is 0 Å². The van der Waals surface area contributed by atoms with E-state index in [9.17, 15) is 0 Å². The molecule has 0 saturated heterocycles. The van der Waals surface area contributed by atoms with E-state index in [4.69, 9.17) is 0 Å². The molecule has 0 radical (unpaired) electrons. The SMILES string of the molecule is CCCNc1cc(C)c(Br)cn1. The molecule has 0 bridgehead atoms. The Balaban J connectivity index is 2.69. The van der Waals surface area contributed by atoms with Gasteiger partial charge in [0.25, 0.3) is 0 Å². The summed E-state index contributed by atoms with van der Waals surface area (Å²) in [5, 5.41) is 3.23. The first-order valence-electron chi connectivity index (χ1n) is 4.10. The van der Waals surface area contributed by atoms with Crippen molar-refractivity contribution in [2.24, 2.45) is 0 Å². The number of rotatable bonds is 3. The highest BCUT2D eigenvalue weighted by Crippen LogP contribution is 2.16. The summed E-state index contributed by atoms with van der Waals surface area (Å²) in [4.78, 5) is 4.22. The van der Waals surface area contributed by atoms with E-state index in [1.54, 1.807) is 0 Å². The van der Waals surface area contributed by atoms with E-state index in [1.165, 1.54) is 5.56 Å². The van der Waals surface area contributed by atoms with E-state index < -0.39 is 0 Å². The predicted molar refractivity (Wildman–Crippen MR) is 55.5 cm³/mol. The Hall–Kier alpha value is -0.570. The maximum absolute atomic E-state index is 4.22. The lowest BCUT2D eigenvalue weighted by atomic mass is 10.3. The van der Waals surface area contributed by atoms with Gasteiger partial charge in [-0.15, -0.1) is 0 Å². The Kier molecular flexibility index (Phi) is 3.53. The van der Waals surface area contributed by atoms with Gasteiger partial charge < -0.3 is 5.32 Å². The number of hydrogen-bond donors (Lipinski definition) is 1. The summed E-state index contributed by atoms with van der Waals surface area (Å²) >= 11 is 3.41. The van der Waals surface area contributed by atoms with Gasteiger partial charge in [-0.3, -0.25) is 0 Å².